The number of benzene rings is 1. The van der Waals surface area contributed by atoms with Crippen LogP contribution in [0.5, 0.6) is 5.75 Å². The molecule has 0 bridgehead atoms. The average molecular weight is 314 g/mol. The van der Waals surface area contributed by atoms with E-state index in [9.17, 15) is 4.79 Å². The molecule has 1 fully saturated rings. The largest absolute Gasteiger partial charge is 0.496 e. The average Bonchev–Trinajstić information content (AvgIpc) is 3.09. The fourth-order valence-electron chi connectivity index (χ4n) is 2.89. The summed E-state index contributed by atoms with van der Waals surface area (Å²) in [6.45, 7) is 1.96. The van der Waals surface area contributed by atoms with Crippen molar-refractivity contribution in [2.45, 2.75) is 37.8 Å². The van der Waals surface area contributed by atoms with Crippen LogP contribution in [0.1, 0.15) is 30.6 Å². The van der Waals surface area contributed by atoms with Crippen molar-refractivity contribution in [3.05, 3.63) is 54.0 Å². The molecule has 0 saturated heterocycles. The van der Waals surface area contributed by atoms with E-state index in [1.165, 1.54) is 0 Å². The molecule has 3 atom stereocenters. The first-order chi connectivity index (χ1) is 11.2. The predicted octanol–water partition coefficient (Wildman–Crippen LogP) is 3.07. The van der Waals surface area contributed by atoms with Gasteiger partial charge in [0.15, 0.2) is 0 Å². The molecule has 2 N–H and O–H groups in total. The Labute approximate surface area is 136 Å². The number of methoxy groups -OCH3 is 1. The number of nitrogens with one attached hydrogen (secondary N) is 2. The highest BCUT2D eigenvalue weighted by atomic mass is 16.5. The van der Waals surface area contributed by atoms with Crippen LogP contribution in [0.3, 0.4) is 0 Å². The van der Waals surface area contributed by atoms with E-state index in [-0.39, 0.29) is 18.1 Å². The van der Waals surface area contributed by atoms with E-state index in [0.717, 1.165) is 23.5 Å². The zero-order chi connectivity index (χ0) is 16.2. The Morgan fingerprint density at radius 2 is 2.17 bits per heavy atom. The summed E-state index contributed by atoms with van der Waals surface area (Å²) >= 11 is 0. The van der Waals surface area contributed by atoms with Crippen molar-refractivity contribution in [2.24, 2.45) is 0 Å². The van der Waals surface area contributed by atoms with Crippen molar-refractivity contribution in [3.8, 4) is 5.75 Å². The monoisotopic (exact) mass is 314 g/mol. The molecular formula is C18H22N2O3. The minimum atomic E-state index is -0.133. The molecule has 2 aromatic rings. The highest BCUT2D eigenvalue weighted by Crippen LogP contribution is 2.44. The first-order valence-electron chi connectivity index (χ1n) is 7.89. The maximum absolute atomic E-state index is 12.1. The second-order valence-electron chi connectivity index (χ2n) is 5.99. The molecule has 5 heteroatoms. The highest BCUT2D eigenvalue weighted by molar-refractivity contribution is 5.75. The number of para-hydroxylation sites is 1. The maximum atomic E-state index is 12.1. The quantitative estimate of drug-likeness (QED) is 0.861. The van der Waals surface area contributed by atoms with Gasteiger partial charge in [-0.05, 0) is 37.1 Å². The normalized spacial score (nSPS) is 20.6. The molecule has 0 radical (unpaired) electrons. The summed E-state index contributed by atoms with van der Waals surface area (Å²) in [5.41, 5.74) is 1.16. The lowest BCUT2D eigenvalue weighted by molar-refractivity contribution is 0.236. The van der Waals surface area contributed by atoms with Gasteiger partial charge in [0.2, 0.25) is 0 Å². The van der Waals surface area contributed by atoms with Crippen LogP contribution >= 0.6 is 0 Å². The Kier molecular flexibility index (Phi) is 4.55. The fraction of sp³-hybridized carbons (Fsp3) is 0.389. The molecule has 1 saturated carbocycles. The number of hydrogen-bond acceptors (Lipinski definition) is 3. The van der Waals surface area contributed by atoms with Crippen LogP contribution in [0, 0.1) is 0 Å². The number of rotatable bonds is 6. The second kappa shape index (κ2) is 6.77. The molecule has 1 aliphatic rings. The van der Waals surface area contributed by atoms with Gasteiger partial charge in [0.1, 0.15) is 11.5 Å². The van der Waals surface area contributed by atoms with Crippen LogP contribution in [0.15, 0.2) is 47.1 Å². The van der Waals surface area contributed by atoms with Gasteiger partial charge in [-0.3, -0.25) is 0 Å². The third-order valence-electron chi connectivity index (χ3n) is 4.11. The smallest absolute Gasteiger partial charge is 0.315 e. The summed E-state index contributed by atoms with van der Waals surface area (Å²) in [6, 6.07) is 11.8. The molecule has 0 aliphatic heterocycles. The highest BCUT2D eigenvalue weighted by Gasteiger charge is 2.41. The summed E-state index contributed by atoms with van der Waals surface area (Å²) < 4.78 is 10.7. The Bertz CT molecular complexity index is 654. The van der Waals surface area contributed by atoms with Gasteiger partial charge in [0, 0.05) is 24.4 Å². The van der Waals surface area contributed by atoms with Crippen LogP contribution in [0.25, 0.3) is 0 Å². The standard InChI is InChI=1S/C18H22N2O3/c1-12(10-13-6-5-9-23-13)19-18(21)20-16-11-15(16)14-7-3-4-8-17(14)22-2/h3-9,12,15-16H,10-11H2,1-2H3,(H2,19,20,21). The van der Waals surface area contributed by atoms with Gasteiger partial charge in [-0.25, -0.2) is 4.79 Å². The van der Waals surface area contributed by atoms with E-state index in [1.54, 1.807) is 13.4 Å². The van der Waals surface area contributed by atoms with E-state index in [2.05, 4.69) is 16.7 Å². The van der Waals surface area contributed by atoms with Crippen molar-refractivity contribution in [2.75, 3.05) is 7.11 Å². The molecule has 1 aliphatic carbocycles. The van der Waals surface area contributed by atoms with E-state index in [0.29, 0.717) is 12.3 Å². The SMILES string of the molecule is COc1ccccc1C1CC1NC(=O)NC(C)Cc1ccco1. The predicted molar refractivity (Wildman–Crippen MR) is 87.7 cm³/mol. The molecule has 3 unspecified atom stereocenters. The first kappa shape index (κ1) is 15.5. The van der Waals surface area contributed by atoms with Gasteiger partial charge in [-0.1, -0.05) is 18.2 Å². The van der Waals surface area contributed by atoms with Gasteiger partial charge in [-0.15, -0.1) is 0 Å². The van der Waals surface area contributed by atoms with Gasteiger partial charge in [0.05, 0.1) is 13.4 Å². The number of carbonyl (C=O) groups is 1. The minimum Gasteiger partial charge on any atom is -0.496 e. The Morgan fingerprint density at radius 3 is 2.91 bits per heavy atom. The number of furan rings is 1. The van der Waals surface area contributed by atoms with Gasteiger partial charge >= 0.3 is 6.03 Å². The zero-order valence-corrected chi connectivity index (χ0v) is 13.4. The molecule has 3 rings (SSSR count). The third kappa shape index (κ3) is 3.86. The van der Waals surface area contributed by atoms with Crippen molar-refractivity contribution in [1.82, 2.24) is 10.6 Å². The molecule has 1 aromatic carbocycles. The molecule has 23 heavy (non-hydrogen) atoms. The lowest BCUT2D eigenvalue weighted by Crippen LogP contribution is -2.42. The van der Waals surface area contributed by atoms with Crippen LogP contribution in [-0.2, 0) is 6.42 Å². The topological polar surface area (TPSA) is 63.5 Å². The van der Waals surface area contributed by atoms with Crippen LogP contribution in [-0.4, -0.2) is 25.2 Å². The third-order valence-corrected chi connectivity index (χ3v) is 4.11. The lowest BCUT2D eigenvalue weighted by Gasteiger charge is -2.14. The Balaban J connectivity index is 1.48. The molecule has 1 heterocycles. The van der Waals surface area contributed by atoms with Crippen LogP contribution < -0.4 is 15.4 Å². The van der Waals surface area contributed by atoms with Crippen molar-refractivity contribution < 1.29 is 13.9 Å². The van der Waals surface area contributed by atoms with Crippen molar-refractivity contribution >= 4 is 6.03 Å². The number of carbonyl (C=O) groups excluding carboxylic acids is 1. The maximum Gasteiger partial charge on any atom is 0.315 e. The second-order valence-corrected chi connectivity index (χ2v) is 5.99. The molecule has 122 valence electrons. The summed E-state index contributed by atoms with van der Waals surface area (Å²) in [7, 11) is 1.67. The molecule has 5 nitrogen and oxygen atoms in total. The Hall–Kier alpha value is -2.43. The molecule has 2 amide bonds. The summed E-state index contributed by atoms with van der Waals surface area (Å²) in [5.74, 6) is 2.08. The van der Waals surface area contributed by atoms with Crippen molar-refractivity contribution in [3.63, 3.8) is 0 Å². The minimum absolute atomic E-state index is 0.0182. The summed E-state index contributed by atoms with van der Waals surface area (Å²) in [6.07, 6.45) is 3.27. The number of ether oxygens (including phenoxy) is 1. The summed E-state index contributed by atoms with van der Waals surface area (Å²) in [5, 5.41) is 5.98. The van der Waals surface area contributed by atoms with Crippen LogP contribution in [0.4, 0.5) is 4.79 Å². The molecule has 1 aromatic heterocycles. The first-order valence-corrected chi connectivity index (χ1v) is 7.89. The fourth-order valence-corrected chi connectivity index (χ4v) is 2.89. The number of amides is 2. The van der Waals surface area contributed by atoms with Gasteiger partial charge < -0.3 is 19.8 Å². The van der Waals surface area contributed by atoms with E-state index in [4.69, 9.17) is 9.15 Å². The van der Waals surface area contributed by atoms with E-state index >= 15 is 0 Å². The van der Waals surface area contributed by atoms with E-state index < -0.39 is 0 Å². The molecular weight excluding hydrogens is 292 g/mol. The molecule has 0 spiro atoms. The van der Waals surface area contributed by atoms with Gasteiger partial charge in [0.25, 0.3) is 0 Å². The zero-order valence-electron chi connectivity index (χ0n) is 13.4. The van der Waals surface area contributed by atoms with Crippen LogP contribution in [0.2, 0.25) is 0 Å². The number of urea groups is 1. The summed E-state index contributed by atoms with van der Waals surface area (Å²) in [4.78, 5) is 12.1. The van der Waals surface area contributed by atoms with E-state index in [1.807, 2.05) is 37.3 Å². The van der Waals surface area contributed by atoms with Crippen molar-refractivity contribution in [1.29, 1.82) is 0 Å². The Morgan fingerprint density at radius 1 is 1.35 bits per heavy atom. The van der Waals surface area contributed by atoms with Gasteiger partial charge in [-0.2, -0.15) is 0 Å². The lowest BCUT2D eigenvalue weighted by atomic mass is 10.1. The number of hydrogen-bond donors (Lipinski definition) is 2.